The molecule has 3 heteroatoms. The minimum absolute atomic E-state index is 0.773. The number of allylic oxidation sites excluding steroid dienone is 2. The van der Waals surface area contributed by atoms with E-state index in [2.05, 4.69) is 9.98 Å². The predicted molar refractivity (Wildman–Crippen MR) is 52.4 cm³/mol. The monoisotopic (exact) mass is 174 g/mol. The molecule has 0 unspecified atom stereocenters. The molecule has 0 radical (unpaired) electrons. The van der Waals surface area contributed by atoms with Crippen molar-refractivity contribution in [2.45, 2.75) is 0 Å². The number of nitrogens with one attached hydrogen (secondary N) is 1. The molecule has 1 N–H and O–H groups in total. The van der Waals surface area contributed by atoms with Gasteiger partial charge in [-0.25, -0.2) is 0 Å². The summed E-state index contributed by atoms with van der Waals surface area (Å²) in [6.07, 6.45) is 7.41. The second-order valence-corrected chi connectivity index (χ2v) is 2.64. The molecule has 1 aliphatic heterocycles. The van der Waals surface area contributed by atoms with Crippen LogP contribution >= 0.6 is 0 Å². The van der Waals surface area contributed by atoms with Crippen molar-refractivity contribution in [1.82, 2.24) is 4.98 Å². The van der Waals surface area contributed by atoms with Crippen molar-refractivity contribution in [2.75, 3.05) is 7.11 Å². The lowest BCUT2D eigenvalue weighted by Gasteiger charge is -2.04. The Labute approximate surface area is 76.5 Å². The molecule has 2 heterocycles. The van der Waals surface area contributed by atoms with Gasteiger partial charge in [0, 0.05) is 12.4 Å². The van der Waals surface area contributed by atoms with E-state index in [1.165, 1.54) is 0 Å². The van der Waals surface area contributed by atoms with Gasteiger partial charge in [-0.05, 0) is 24.3 Å². The summed E-state index contributed by atoms with van der Waals surface area (Å²) in [5.41, 5.74) is 1.80. The standard InChI is InChI=1S/C10H10N2O/c1-13-10(8-4-2-6-11-8)9-5-3-7-12-9/h2-7,11H,1H3/b10-9+. The number of hydrogen-bond acceptors (Lipinski definition) is 2. The van der Waals surface area contributed by atoms with Gasteiger partial charge in [-0.2, -0.15) is 0 Å². The summed E-state index contributed by atoms with van der Waals surface area (Å²) in [6, 6.07) is 3.88. The van der Waals surface area contributed by atoms with Gasteiger partial charge in [0.1, 0.15) is 5.70 Å². The van der Waals surface area contributed by atoms with Gasteiger partial charge in [-0.3, -0.25) is 4.99 Å². The van der Waals surface area contributed by atoms with E-state index in [1.54, 1.807) is 13.3 Å². The Bertz CT molecular complexity index is 358. The van der Waals surface area contributed by atoms with Crippen LogP contribution in [-0.2, 0) is 4.74 Å². The molecule has 13 heavy (non-hydrogen) atoms. The van der Waals surface area contributed by atoms with Crippen LogP contribution in [0.4, 0.5) is 0 Å². The summed E-state index contributed by atoms with van der Waals surface area (Å²) < 4.78 is 5.26. The van der Waals surface area contributed by atoms with Crippen molar-refractivity contribution < 1.29 is 4.74 Å². The normalized spacial score (nSPS) is 17.9. The predicted octanol–water partition coefficient (Wildman–Crippen LogP) is 1.97. The van der Waals surface area contributed by atoms with Gasteiger partial charge in [-0.15, -0.1) is 0 Å². The molecule has 0 amide bonds. The van der Waals surface area contributed by atoms with Gasteiger partial charge in [0.05, 0.1) is 12.8 Å². The number of rotatable bonds is 2. The highest BCUT2D eigenvalue weighted by atomic mass is 16.5. The first-order valence-corrected chi connectivity index (χ1v) is 4.04. The highest BCUT2D eigenvalue weighted by Crippen LogP contribution is 2.21. The fourth-order valence-electron chi connectivity index (χ4n) is 1.26. The molecular formula is C10H10N2O. The van der Waals surface area contributed by atoms with Crippen molar-refractivity contribution in [3.8, 4) is 0 Å². The molecule has 0 bridgehead atoms. The zero-order chi connectivity index (χ0) is 9.10. The Morgan fingerprint density at radius 3 is 3.00 bits per heavy atom. The van der Waals surface area contributed by atoms with E-state index in [1.807, 2.05) is 30.5 Å². The van der Waals surface area contributed by atoms with Crippen LogP contribution in [0.3, 0.4) is 0 Å². The largest absolute Gasteiger partial charge is 0.492 e. The molecule has 0 aromatic carbocycles. The van der Waals surface area contributed by atoms with Crippen LogP contribution in [0.15, 0.2) is 41.2 Å². The molecule has 0 fully saturated rings. The summed E-state index contributed by atoms with van der Waals surface area (Å²) in [7, 11) is 1.64. The number of aromatic nitrogens is 1. The van der Waals surface area contributed by atoms with Gasteiger partial charge in [0.2, 0.25) is 0 Å². The van der Waals surface area contributed by atoms with E-state index < -0.39 is 0 Å². The third kappa shape index (κ3) is 1.40. The molecule has 1 aromatic heterocycles. The molecule has 0 saturated carbocycles. The number of aromatic amines is 1. The third-order valence-electron chi connectivity index (χ3n) is 1.83. The van der Waals surface area contributed by atoms with E-state index in [9.17, 15) is 0 Å². The van der Waals surface area contributed by atoms with Crippen molar-refractivity contribution in [3.05, 3.63) is 41.9 Å². The van der Waals surface area contributed by atoms with Crippen molar-refractivity contribution >= 4 is 12.0 Å². The highest BCUT2D eigenvalue weighted by molar-refractivity contribution is 5.81. The molecule has 0 spiro atoms. The fraction of sp³-hybridized carbons (Fsp3) is 0.100. The Hall–Kier alpha value is -1.77. The van der Waals surface area contributed by atoms with E-state index in [0.717, 1.165) is 17.2 Å². The summed E-state index contributed by atoms with van der Waals surface area (Å²) in [5.74, 6) is 0.773. The molecule has 1 aliphatic rings. The first-order chi connectivity index (χ1) is 6.42. The smallest absolute Gasteiger partial charge is 0.167 e. The third-order valence-corrected chi connectivity index (χ3v) is 1.83. The van der Waals surface area contributed by atoms with E-state index in [4.69, 9.17) is 4.74 Å². The van der Waals surface area contributed by atoms with Crippen molar-refractivity contribution in [2.24, 2.45) is 4.99 Å². The first-order valence-electron chi connectivity index (χ1n) is 4.04. The molecule has 1 aromatic rings. The lowest BCUT2D eigenvalue weighted by atomic mass is 10.3. The lowest BCUT2D eigenvalue weighted by molar-refractivity contribution is 0.366. The lowest BCUT2D eigenvalue weighted by Crippen LogP contribution is -1.90. The van der Waals surface area contributed by atoms with Crippen LogP contribution in [0.1, 0.15) is 5.69 Å². The van der Waals surface area contributed by atoms with Gasteiger partial charge < -0.3 is 9.72 Å². The number of aliphatic imine (C=N–C) groups is 1. The molecule has 0 saturated heterocycles. The van der Waals surface area contributed by atoms with Gasteiger partial charge in [0.25, 0.3) is 0 Å². The zero-order valence-corrected chi connectivity index (χ0v) is 7.32. The number of nitrogens with zero attached hydrogens (tertiary/aromatic N) is 1. The quantitative estimate of drug-likeness (QED) is 0.684. The average molecular weight is 174 g/mol. The molecule has 2 rings (SSSR count). The zero-order valence-electron chi connectivity index (χ0n) is 7.32. The van der Waals surface area contributed by atoms with Gasteiger partial charge in [0.15, 0.2) is 5.76 Å². The highest BCUT2D eigenvalue weighted by Gasteiger charge is 2.08. The molecule has 66 valence electrons. The summed E-state index contributed by atoms with van der Waals surface area (Å²) >= 11 is 0. The topological polar surface area (TPSA) is 37.4 Å². The van der Waals surface area contributed by atoms with Crippen molar-refractivity contribution in [1.29, 1.82) is 0 Å². The second-order valence-electron chi connectivity index (χ2n) is 2.64. The Morgan fingerprint density at radius 2 is 2.46 bits per heavy atom. The van der Waals surface area contributed by atoms with E-state index in [0.29, 0.717) is 0 Å². The number of methoxy groups -OCH3 is 1. The maximum atomic E-state index is 5.26. The Kier molecular flexibility index (Phi) is 2.00. The molecule has 0 aliphatic carbocycles. The van der Waals surface area contributed by atoms with Crippen LogP contribution in [0.2, 0.25) is 0 Å². The SMILES string of the molecule is CO/C(=C1\C=CC=N1)c1ccc[nH]1. The number of ether oxygens (including phenoxy) is 1. The second kappa shape index (κ2) is 3.31. The summed E-state index contributed by atoms with van der Waals surface area (Å²) in [4.78, 5) is 7.24. The van der Waals surface area contributed by atoms with Crippen LogP contribution in [0.5, 0.6) is 0 Å². The average Bonchev–Trinajstić information content (AvgIpc) is 2.76. The maximum absolute atomic E-state index is 5.26. The number of H-pyrrole nitrogens is 1. The first kappa shape index (κ1) is 7.86. The Morgan fingerprint density at radius 1 is 1.54 bits per heavy atom. The minimum atomic E-state index is 0.773. The van der Waals surface area contributed by atoms with Crippen LogP contribution < -0.4 is 0 Å². The minimum Gasteiger partial charge on any atom is -0.492 e. The Balaban J connectivity index is 2.44. The number of hydrogen-bond donors (Lipinski definition) is 1. The van der Waals surface area contributed by atoms with Crippen molar-refractivity contribution in [3.63, 3.8) is 0 Å². The molecule has 3 nitrogen and oxygen atoms in total. The fourth-order valence-corrected chi connectivity index (χ4v) is 1.26. The summed E-state index contributed by atoms with van der Waals surface area (Å²) in [5, 5.41) is 0. The van der Waals surface area contributed by atoms with E-state index >= 15 is 0 Å². The maximum Gasteiger partial charge on any atom is 0.167 e. The molecular weight excluding hydrogens is 164 g/mol. The van der Waals surface area contributed by atoms with Gasteiger partial charge >= 0.3 is 0 Å². The molecule has 0 atom stereocenters. The van der Waals surface area contributed by atoms with Crippen LogP contribution in [0, 0.1) is 0 Å². The van der Waals surface area contributed by atoms with Crippen LogP contribution in [0.25, 0.3) is 5.76 Å². The summed E-state index contributed by atoms with van der Waals surface area (Å²) in [6.45, 7) is 0. The van der Waals surface area contributed by atoms with E-state index in [-0.39, 0.29) is 0 Å². The van der Waals surface area contributed by atoms with Crippen LogP contribution in [-0.4, -0.2) is 18.3 Å². The van der Waals surface area contributed by atoms with Gasteiger partial charge in [-0.1, -0.05) is 0 Å².